The van der Waals surface area contributed by atoms with Crippen LogP contribution in [0.3, 0.4) is 0 Å². The van der Waals surface area contributed by atoms with E-state index in [0.717, 1.165) is 0 Å². The second-order valence-corrected chi connectivity index (χ2v) is 2.71. The molecule has 0 aromatic carbocycles. The highest BCUT2D eigenvalue weighted by Gasteiger charge is 2.41. The molecule has 7 heteroatoms. The largest absolute Gasteiger partial charge is 0.387 e. The summed E-state index contributed by atoms with van der Waals surface area (Å²) in [6.07, 6.45) is -7.43. The zero-order valence-electron chi connectivity index (χ0n) is 6.41. The van der Waals surface area contributed by atoms with Gasteiger partial charge in [0.25, 0.3) is 11.7 Å². The van der Waals surface area contributed by atoms with Crippen molar-refractivity contribution in [3.8, 4) is 0 Å². The van der Waals surface area contributed by atoms with Gasteiger partial charge in [-0.1, -0.05) is 0 Å². The van der Waals surface area contributed by atoms with Crippen LogP contribution in [0.25, 0.3) is 0 Å². The fraction of sp³-hybridized carbons (Fsp3) is 0.667. The minimum atomic E-state index is -2.01. The molecule has 0 saturated carbocycles. The first-order chi connectivity index (χ1) is 5.95. The number of hydrogen-bond donors (Lipinski definition) is 5. The molecule has 74 valence electrons. The van der Waals surface area contributed by atoms with Crippen LogP contribution in [0.2, 0.25) is 0 Å². The van der Waals surface area contributed by atoms with E-state index in [9.17, 15) is 9.59 Å². The first-order valence-electron chi connectivity index (χ1n) is 3.52. The molecule has 0 radical (unpaired) electrons. The first kappa shape index (κ1) is 10.1. The van der Waals surface area contributed by atoms with Crippen molar-refractivity contribution in [3.63, 3.8) is 0 Å². The molecule has 1 aliphatic rings. The van der Waals surface area contributed by atoms with E-state index in [1.165, 1.54) is 0 Å². The average Bonchev–Trinajstić information content (AvgIpc) is 2.15. The third-order valence-electron chi connectivity index (χ3n) is 1.77. The van der Waals surface area contributed by atoms with E-state index in [-0.39, 0.29) is 0 Å². The minimum absolute atomic E-state index is 1.24. The summed E-state index contributed by atoms with van der Waals surface area (Å²) in [6.45, 7) is 0. The van der Waals surface area contributed by atoms with Gasteiger partial charge >= 0.3 is 0 Å². The standard InChI is InChI=1S/C6H9NO6/c8-1-2(9)4(11)6(13)7-5(12)3(1)10/h1-3,5,8-10,12H,(H,7,13)/t1-,2-,3+,5?/m0/s1. The second kappa shape index (κ2) is 3.38. The number of Topliss-reactive ketones (excluding diaryl/α,β-unsaturated/α-hetero) is 1. The molecule has 0 aromatic heterocycles. The highest BCUT2D eigenvalue weighted by molar-refractivity contribution is 6.38. The van der Waals surface area contributed by atoms with Gasteiger partial charge in [-0.15, -0.1) is 0 Å². The fourth-order valence-electron chi connectivity index (χ4n) is 0.954. The summed E-state index contributed by atoms with van der Waals surface area (Å²) in [5.74, 6) is -2.53. The van der Waals surface area contributed by atoms with Gasteiger partial charge in [0.05, 0.1) is 0 Å². The number of aliphatic hydroxyl groups excluding tert-OH is 4. The van der Waals surface area contributed by atoms with Gasteiger partial charge in [0.2, 0.25) is 0 Å². The van der Waals surface area contributed by atoms with E-state index in [1.807, 2.05) is 0 Å². The van der Waals surface area contributed by atoms with Crippen LogP contribution in [0.4, 0.5) is 0 Å². The van der Waals surface area contributed by atoms with E-state index >= 15 is 0 Å². The molecule has 4 atom stereocenters. The van der Waals surface area contributed by atoms with Gasteiger partial charge in [-0.3, -0.25) is 9.59 Å². The Kier molecular flexibility index (Phi) is 2.62. The topological polar surface area (TPSA) is 127 Å². The van der Waals surface area contributed by atoms with Crippen molar-refractivity contribution < 1.29 is 30.0 Å². The smallest absolute Gasteiger partial charge is 0.292 e. The van der Waals surface area contributed by atoms with Crippen LogP contribution in [0.15, 0.2) is 0 Å². The van der Waals surface area contributed by atoms with E-state index < -0.39 is 36.2 Å². The van der Waals surface area contributed by atoms with Gasteiger partial charge in [-0.05, 0) is 0 Å². The molecule has 0 spiro atoms. The zero-order chi connectivity index (χ0) is 10.2. The Labute approximate surface area is 72.6 Å². The number of amides is 1. The highest BCUT2D eigenvalue weighted by atomic mass is 16.4. The lowest BCUT2D eigenvalue weighted by Crippen LogP contribution is -2.47. The summed E-state index contributed by atoms with van der Waals surface area (Å²) in [6, 6.07) is 0. The van der Waals surface area contributed by atoms with Gasteiger partial charge < -0.3 is 25.7 Å². The second-order valence-electron chi connectivity index (χ2n) is 2.71. The van der Waals surface area contributed by atoms with Gasteiger partial charge in [0, 0.05) is 0 Å². The van der Waals surface area contributed by atoms with Crippen molar-refractivity contribution in [1.29, 1.82) is 0 Å². The fourth-order valence-corrected chi connectivity index (χ4v) is 0.954. The summed E-state index contributed by atoms with van der Waals surface area (Å²) in [5.41, 5.74) is 0. The summed E-state index contributed by atoms with van der Waals surface area (Å²) in [7, 11) is 0. The molecular formula is C6H9NO6. The number of nitrogens with one attached hydrogen (secondary N) is 1. The van der Waals surface area contributed by atoms with Crippen LogP contribution in [-0.2, 0) is 9.59 Å². The van der Waals surface area contributed by atoms with E-state index in [1.54, 1.807) is 5.32 Å². The molecular weight excluding hydrogens is 182 g/mol. The lowest BCUT2D eigenvalue weighted by atomic mass is 10.1. The van der Waals surface area contributed by atoms with Crippen LogP contribution >= 0.6 is 0 Å². The minimum Gasteiger partial charge on any atom is -0.387 e. The van der Waals surface area contributed by atoms with Gasteiger partial charge in [-0.25, -0.2) is 0 Å². The third kappa shape index (κ3) is 1.68. The molecule has 13 heavy (non-hydrogen) atoms. The van der Waals surface area contributed by atoms with Crippen molar-refractivity contribution in [2.24, 2.45) is 0 Å². The Morgan fingerprint density at radius 3 is 2.08 bits per heavy atom. The Morgan fingerprint density at radius 1 is 1.00 bits per heavy atom. The molecule has 7 nitrogen and oxygen atoms in total. The first-order valence-corrected chi connectivity index (χ1v) is 3.52. The zero-order valence-corrected chi connectivity index (χ0v) is 6.41. The van der Waals surface area contributed by atoms with Gasteiger partial charge in [0.15, 0.2) is 12.3 Å². The van der Waals surface area contributed by atoms with Crippen LogP contribution < -0.4 is 5.32 Å². The summed E-state index contributed by atoms with van der Waals surface area (Å²) in [4.78, 5) is 21.5. The van der Waals surface area contributed by atoms with E-state index in [2.05, 4.69) is 0 Å². The molecule has 1 amide bonds. The van der Waals surface area contributed by atoms with Gasteiger partial charge in [-0.2, -0.15) is 0 Å². The van der Waals surface area contributed by atoms with Crippen LogP contribution in [0.1, 0.15) is 0 Å². The number of carbonyl (C=O) groups excluding carboxylic acids is 2. The van der Waals surface area contributed by atoms with Crippen LogP contribution in [-0.4, -0.2) is 56.7 Å². The Balaban J connectivity index is 2.92. The molecule has 1 rings (SSSR count). The monoisotopic (exact) mass is 191 g/mol. The predicted molar refractivity (Wildman–Crippen MR) is 37.2 cm³/mol. The molecule has 5 N–H and O–H groups in total. The maximum atomic E-state index is 10.8. The highest BCUT2D eigenvalue weighted by Crippen LogP contribution is 2.08. The Morgan fingerprint density at radius 2 is 1.54 bits per heavy atom. The molecule has 1 saturated heterocycles. The van der Waals surface area contributed by atoms with Crippen LogP contribution in [0.5, 0.6) is 0 Å². The van der Waals surface area contributed by atoms with Crippen molar-refractivity contribution >= 4 is 11.7 Å². The van der Waals surface area contributed by atoms with Crippen LogP contribution in [0, 0.1) is 0 Å². The Hall–Kier alpha value is -1.02. The van der Waals surface area contributed by atoms with E-state index in [0.29, 0.717) is 0 Å². The number of hydrogen-bond acceptors (Lipinski definition) is 6. The molecule has 1 unspecified atom stereocenters. The average molecular weight is 191 g/mol. The summed E-state index contributed by atoms with van der Waals surface area (Å²) < 4.78 is 0. The van der Waals surface area contributed by atoms with E-state index in [4.69, 9.17) is 20.4 Å². The van der Waals surface area contributed by atoms with Crippen molar-refractivity contribution in [1.82, 2.24) is 5.32 Å². The maximum absolute atomic E-state index is 10.8. The lowest BCUT2D eigenvalue weighted by molar-refractivity contribution is -0.146. The Bertz CT molecular complexity index is 241. The van der Waals surface area contributed by atoms with Crippen molar-refractivity contribution in [2.45, 2.75) is 24.5 Å². The number of ketones is 1. The molecule has 0 bridgehead atoms. The SMILES string of the molecule is O=C1NC(O)[C@H](O)[C@@H](O)[C@H](O)C1=O. The number of aliphatic hydroxyl groups is 4. The lowest BCUT2D eigenvalue weighted by Gasteiger charge is -2.20. The summed E-state index contributed by atoms with van der Waals surface area (Å²) in [5, 5.41) is 37.6. The molecule has 1 aliphatic heterocycles. The quantitative estimate of drug-likeness (QED) is 0.249. The normalized spacial score (nSPS) is 41.2. The van der Waals surface area contributed by atoms with Crippen molar-refractivity contribution in [2.75, 3.05) is 0 Å². The summed E-state index contributed by atoms with van der Waals surface area (Å²) >= 11 is 0. The maximum Gasteiger partial charge on any atom is 0.292 e. The third-order valence-corrected chi connectivity index (χ3v) is 1.77. The number of carbonyl (C=O) groups is 2. The predicted octanol–water partition coefficient (Wildman–Crippen LogP) is -3.91. The molecule has 1 heterocycles. The molecule has 1 fully saturated rings. The molecule has 0 aliphatic carbocycles. The van der Waals surface area contributed by atoms with Crippen molar-refractivity contribution in [3.05, 3.63) is 0 Å². The number of rotatable bonds is 0. The van der Waals surface area contributed by atoms with Gasteiger partial charge in [0.1, 0.15) is 12.2 Å². The molecule has 0 aromatic rings.